The molecule has 0 aliphatic carbocycles. The minimum Gasteiger partial charge on any atom is -0.548 e. The van der Waals surface area contributed by atoms with E-state index in [1.54, 1.807) is 17.0 Å². The zero-order chi connectivity index (χ0) is 18.3. The Morgan fingerprint density at radius 3 is 2.60 bits per heavy atom. The molecule has 6 nitrogen and oxygen atoms in total. The van der Waals surface area contributed by atoms with Gasteiger partial charge in [-0.05, 0) is 19.4 Å². The SMILES string of the molecule is CCCN1C(=O)C(=C2SC(=S)N(C(C)C(=O)[O-])C2=O)c2ccccc21. The third-order valence-corrected chi connectivity index (χ3v) is 5.53. The molecule has 130 valence electrons. The van der Waals surface area contributed by atoms with Crippen LogP contribution < -0.4 is 10.0 Å². The Kier molecular flexibility index (Phi) is 4.66. The first kappa shape index (κ1) is 17.6. The van der Waals surface area contributed by atoms with Gasteiger partial charge in [0.2, 0.25) is 0 Å². The molecule has 1 aromatic carbocycles. The summed E-state index contributed by atoms with van der Waals surface area (Å²) in [6.07, 6.45) is 0.774. The number of carboxylic acid groups (broad SMARTS) is 1. The third kappa shape index (κ3) is 2.75. The highest BCUT2D eigenvalue weighted by Gasteiger charge is 2.43. The minimum absolute atomic E-state index is 0.114. The zero-order valence-corrected chi connectivity index (χ0v) is 15.3. The number of anilines is 1. The minimum atomic E-state index is -1.40. The van der Waals surface area contributed by atoms with Gasteiger partial charge in [-0.15, -0.1) is 0 Å². The highest BCUT2D eigenvalue weighted by atomic mass is 32.2. The average molecular weight is 375 g/mol. The first-order valence-corrected chi connectivity index (χ1v) is 9.02. The second kappa shape index (κ2) is 6.61. The van der Waals surface area contributed by atoms with E-state index in [1.807, 2.05) is 19.1 Å². The van der Waals surface area contributed by atoms with E-state index in [0.717, 1.165) is 28.8 Å². The summed E-state index contributed by atoms with van der Waals surface area (Å²) in [7, 11) is 0. The highest BCUT2D eigenvalue weighted by molar-refractivity contribution is 8.26. The lowest BCUT2D eigenvalue weighted by Crippen LogP contribution is -2.48. The first-order valence-electron chi connectivity index (χ1n) is 7.80. The number of thioether (sulfide) groups is 1. The van der Waals surface area contributed by atoms with Gasteiger partial charge in [-0.2, -0.15) is 0 Å². The zero-order valence-electron chi connectivity index (χ0n) is 13.6. The van der Waals surface area contributed by atoms with Crippen LogP contribution in [0.25, 0.3) is 5.57 Å². The van der Waals surface area contributed by atoms with Gasteiger partial charge >= 0.3 is 0 Å². The summed E-state index contributed by atoms with van der Waals surface area (Å²) >= 11 is 6.12. The van der Waals surface area contributed by atoms with Crippen molar-refractivity contribution in [3.8, 4) is 0 Å². The Bertz CT molecular complexity index is 834. The summed E-state index contributed by atoms with van der Waals surface area (Å²) in [4.78, 5) is 39.6. The summed E-state index contributed by atoms with van der Waals surface area (Å²) in [5.74, 6) is -2.22. The van der Waals surface area contributed by atoms with Crippen LogP contribution in [-0.2, 0) is 14.4 Å². The molecule has 2 amide bonds. The van der Waals surface area contributed by atoms with Gasteiger partial charge in [0.15, 0.2) is 0 Å². The number of thiocarbonyl (C=S) groups is 1. The molecule has 8 heteroatoms. The summed E-state index contributed by atoms with van der Waals surface area (Å²) in [5.41, 5.74) is 1.71. The molecule has 0 N–H and O–H groups in total. The maximum atomic E-state index is 12.9. The van der Waals surface area contributed by atoms with Gasteiger partial charge in [0.1, 0.15) is 4.32 Å². The van der Waals surface area contributed by atoms with Crippen molar-refractivity contribution < 1.29 is 19.5 Å². The number of hydrogen-bond donors (Lipinski definition) is 0. The molecule has 1 fully saturated rings. The van der Waals surface area contributed by atoms with E-state index in [2.05, 4.69) is 0 Å². The van der Waals surface area contributed by atoms with Crippen LogP contribution in [0.1, 0.15) is 25.8 Å². The number of fused-ring (bicyclic) bond motifs is 1. The monoisotopic (exact) mass is 375 g/mol. The van der Waals surface area contributed by atoms with Gasteiger partial charge in [0.05, 0.1) is 28.2 Å². The Morgan fingerprint density at radius 1 is 1.28 bits per heavy atom. The van der Waals surface area contributed by atoms with Crippen LogP contribution in [0.3, 0.4) is 0 Å². The van der Waals surface area contributed by atoms with Crippen molar-refractivity contribution in [2.75, 3.05) is 11.4 Å². The molecule has 0 saturated carbocycles. The fourth-order valence-corrected chi connectivity index (χ4v) is 4.40. The van der Waals surface area contributed by atoms with Crippen LogP contribution in [-0.4, -0.2) is 39.6 Å². The topological polar surface area (TPSA) is 80.8 Å². The van der Waals surface area contributed by atoms with Crippen molar-refractivity contribution in [1.82, 2.24) is 4.90 Å². The lowest BCUT2D eigenvalue weighted by molar-refractivity contribution is -0.309. The van der Waals surface area contributed by atoms with E-state index < -0.39 is 17.9 Å². The predicted molar refractivity (Wildman–Crippen MR) is 97.5 cm³/mol. The van der Waals surface area contributed by atoms with Crippen molar-refractivity contribution in [3.63, 3.8) is 0 Å². The smallest absolute Gasteiger partial charge is 0.267 e. The van der Waals surface area contributed by atoms with Gasteiger partial charge in [-0.25, -0.2) is 0 Å². The Morgan fingerprint density at radius 2 is 1.96 bits per heavy atom. The van der Waals surface area contributed by atoms with Crippen LogP contribution in [0.2, 0.25) is 0 Å². The molecule has 2 aliphatic heterocycles. The number of carbonyl (C=O) groups excluding carboxylic acids is 3. The Labute approximate surface area is 154 Å². The van der Waals surface area contributed by atoms with Crippen LogP contribution in [0.15, 0.2) is 29.2 Å². The fourth-order valence-electron chi connectivity index (χ4n) is 2.91. The molecular weight excluding hydrogens is 360 g/mol. The molecule has 1 atom stereocenters. The number of carbonyl (C=O) groups is 3. The molecule has 1 aromatic rings. The lowest BCUT2D eigenvalue weighted by atomic mass is 10.1. The molecule has 0 aromatic heterocycles. The van der Waals surface area contributed by atoms with E-state index in [-0.39, 0.29) is 20.7 Å². The van der Waals surface area contributed by atoms with Gasteiger partial charge in [0.25, 0.3) is 11.8 Å². The number of amides is 2. The highest BCUT2D eigenvalue weighted by Crippen LogP contribution is 2.44. The largest absolute Gasteiger partial charge is 0.548 e. The number of carboxylic acids is 1. The number of benzene rings is 1. The molecule has 2 heterocycles. The molecular formula is C17H15N2O4S2-. The van der Waals surface area contributed by atoms with Gasteiger partial charge in [0, 0.05) is 12.1 Å². The molecule has 0 radical (unpaired) electrons. The van der Waals surface area contributed by atoms with Crippen molar-refractivity contribution in [2.24, 2.45) is 0 Å². The van der Waals surface area contributed by atoms with Crippen molar-refractivity contribution in [3.05, 3.63) is 34.7 Å². The quantitative estimate of drug-likeness (QED) is 0.580. The number of para-hydroxylation sites is 1. The first-order chi connectivity index (χ1) is 11.9. The maximum Gasteiger partial charge on any atom is 0.267 e. The summed E-state index contributed by atoms with van der Waals surface area (Å²) < 4.78 is 0.114. The van der Waals surface area contributed by atoms with Crippen LogP contribution >= 0.6 is 24.0 Å². The van der Waals surface area contributed by atoms with Crippen molar-refractivity contribution >= 4 is 57.3 Å². The lowest BCUT2D eigenvalue weighted by Gasteiger charge is -2.23. The maximum absolute atomic E-state index is 12.9. The summed E-state index contributed by atoms with van der Waals surface area (Å²) in [6.45, 7) is 3.84. The van der Waals surface area contributed by atoms with E-state index in [0.29, 0.717) is 12.1 Å². The summed E-state index contributed by atoms with van der Waals surface area (Å²) in [5, 5.41) is 11.1. The second-order valence-corrected chi connectivity index (χ2v) is 7.36. The second-order valence-electron chi connectivity index (χ2n) is 5.72. The third-order valence-electron chi connectivity index (χ3n) is 4.12. The van der Waals surface area contributed by atoms with Gasteiger partial charge in [-0.3, -0.25) is 14.5 Å². The number of aliphatic carboxylic acids is 1. The Hall–Kier alpha value is -2.19. The molecule has 1 unspecified atom stereocenters. The molecule has 25 heavy (non-hydrogen) atoms. The van der Waals surface area contributed by atoms with Crippen LogP contribution in [0.5, 0.6) is 0 Å². The molecule has 0 spiro atoms. The van der Waals surface area contributed by atoms with Crippen molar-refractivity contribution in [1.29, 1.82) is 0 Å². The fraction of sp³-hybridized carbons (Fsp3) is 0.294. The van der Waals surface area contributed by atoms with Crippen molar-refractivity contribution in [2.45, 2.75) is 26.3 Å². The number of rotatable bonds is 4. The van der Waals surface area contributed by atoms with E-state index in [1.165, 1.54) is 6.92 Å². The molecule has 1 saturated heterocycles. The van der Waals surface area contributed by atoms with Gasteiger partial charge in [-0.1, -0.05) is 49.1 Å². The van der Waals surface area contributed by atoms with E-state index in [4.69, 9.17) is 12.2 Å². The predicted octanol–water partition coefficient (Wildman–Crippen LogP) is 1.15. The number of nitrogens with zero attached hydrogens (tertiary/aromatic N) is 2. The average Bonchev–Trinajstić information content (AvgIpc) is 3.01. The standard InChI is InChI=1S/C17H16N2O4S2/c1-3-8-18-11-7-5-4-6-10(11)12(14(18)20)13-15(21)19(17(24)25-13)9(2)16(22)23/h4-7,9H,3,8H2,1-2H3,(H,22,23)/p-1. The normalized spacial score (nSPS) is 21.1. The van der Waals surface area contributed by atoms with E-state index >= 15 is 0 Å². The van der Waals surface area contributed by atoms with E-state index in [9.17, 15) is 19.5 Å². The van der Waals surface area contributed by atoms with Crippen LogP contribution in [0, 0.1) is 0 Å². The van der Waals surface area contributed by atoms with Crippen LogP contribution in [0.4, 0.5) is 5.69 Å². The van der Waals surface area contributed by atoms with Gasteiger partial charge < -0.3 is 14.8 Å². The summed E-state index contributed by atoms with van der Waals surface area (Å²) in [6, 6.07) is 6.06. The molecule has 0 bridgehead atoms. The number of hydrogen-bond acceptors (Lipinski definition) is 6. The molecule has 3 rings (SSSR count). The molecule has 2 aliphatic rings. The Balaban J connectivity index is 2.12.